The van der Waals surface area contributed by atoms with Crippen molar-refractivity contribution in [3.63, 3.8) is 0 Å². The molecule has 0 bridgehead atoms. The lowest BCUT2D eigenvalue weighted by molar-refractivity contribution is 0.577. The maximum atomic E-state index is 13.2. The number of hydrogen-bond acceptors (Lipinski definition) is 2. The van der Waals surface area contributed by atoms with E-state index < -0.39 is 0 Å². The molecule has 1 N–H and O–H groups in total. The van der Waals surface area contributed by atoms with Crippen LogP contribution >= 0.6 is 11.8 Å². The Hall–Kier alpha value is -0.610. The number of unbranched alkanes of at least 4 members (excludes halogenated alkanes) is 1. The number of rotatable bonds is 7. The first-order chi connectivity index (χ1) is 7.74. The molecule has 4 heteroatoms. The van der Waals surface area contributed by atoms with Crippen LogP contribution in [0.25, 0.3) is 0 Å². The quantitative estimate of drug-likeness (QED) is 0.583. The molecule has 0 atom stereocenters. The summed E-state index contributed by atoms with van der Waals surface area (Å²) in [5.41, 5.74) is 0. The number of thioether (sulfide) groups is 1. The second-order valence-corrected chi connectivity index (χ2v) is 4.66. The molecule has 1 nitrogen and oxygen atoms in total. The Morgan fingerprint density at radius 2 is 2.06 bits per heavy atom. The SMILES string of the molecule is CCCCNCCSc1cc(F)ccc1F. The number of hydrogen-bond donors (Lipinski definition) is 1. The summed E-state index contributed by atoms with van der Waals surface area (Å²) in [5, 5.41) is 3.25. The van der Waals surface area contributed by atoms with Crippen LogP contribution in [0.5, 0.6) is 0 Å². The first-order valence-electron chi connectivity index (χ1n) is 5.52. The first kappa shape index (κ1) is 13.5. The van der Waals surface area contributed by atoms with Crippen LogP contribution in [-0.2, 0) is 0 Å². The molecule has 16 heavy (non-hydrogen) atoms. The van der Waals surface area contributed by atoms with E-state index in [1.807, 2.05) is 0 Å². The van der Waals surface area contributed by atoms with Crippen LogP contribution in [0.15, 0.2) is 23.1 Å². The summed E-state index contributed by atoms with van der Waals surface area (Å²) in [4.78, 5) is 0.386. The van der Waals surface area contributed by atoms with E-state index >= 15 is 0 Å². The van der Waals surface area contributed by atoms with Gasteiger partial charge in [-0.25, -0.2) is 8.78 Å². The summed E-state index contributed by atoms with van der Waals surface area (Å²) in [6.45, 7) is 3.95. The van der Waals surface area contributed by atoms with Crippen molar-refractivity contribution in [2.24, 2.45) is 0 Å². The average Bonchev–Trinajstić information content (AvgIpc) is 2.28. The number of halogens is 2. The Bertz CT molecular complexity index is 318. The molecule has 0 fully saturated rings. The van der Waals surface area contributed by atoms with E-state index in [0.717, 1.165) is 31.3 Å². The summed E-state index contributed by atoms with van der Waals surface area (Å²) >= 11 is 1.34. The molecule has 0 saturated heterocycles. The molecule has 1 rings (SSSR count). The van der Waals surface area contributed by atoms with E-state index in [1.165, 1.54) is 30.3 Å². The Morgan fingerprint density at radius 3 is 2.81 bits per heavy atom. The zero-order valence-electron chi connectivity index (χ0n) is 9.43. The summed E-state index contributed by atoms with van der Waals surface area (Å²) < 4.78 is 26.0. The molecule has 0 aliphatic heterocycles. The second kappa shape index (κ2) is 7.63. The maximum absolute atomic E-state index is 13.2. The molecule has 0 aliphatic rings. The molecule has 1 aromatic rings. The smallest absolute Gasteiger partial charge is 0.136 e. The molecule has 0 saturated carbocycles. The van der Waals surface area contributed by atoms with Crippen molar-refractivity contribution in [2.45, 2.75) is 24.7 Å². The molecular formula is C12H17F2NS. The van der Waals surface area contributed by atoms with Gasteiger partial charge in [0.1, 0.15) is 11.6 Å². The molecule has 1 aromatic carbocycles. The Kier molecular flexibility index (Phi) is 6.42. The van der Waals surface area contributed by atoms with E-state index in [9.17, 15) is 8.78 Å². The van der Waals surface area contributed by atoms with Crippen molar-refractivity contribution in [3.8, 4) is 0 Å². The third-order valence-electron chi connectivity index (χ3n) is 2.14. The molecule has 0 unspecified atom stereocenters. The van der Waals surface area contributed by atoms with Gasteiger partial charge in [-0.05, 0) is 31.2 Å². The van der Waals surface area contributed by atoms with Crippen molar-refractivity contribution in [2.75, 3.05) is 18.8 Å². The normalized spacial score (nSPS) is 10.7. The molecule has 0 heterocycles. The van der Waals surface area contributed by atoms with Crippen molar-refractivity contribution in [1.82, 2.24) is 5.32 Å². The van der Waals surface area contributed by atoms with Crippen LogP contribution in [0, 0.1) is 11.6 Å². The van der Waals surface area contributed by atoms with Crippen molar-refractivity contribution in [1.29, 1.82) is 0 Å². The third-order valence-corrected chi connectivity index (χ3v) is 3.17. The Morgan fingerprint density at radius 1 is 1.25 bits per heavy atom. The number of benzene rings is 1. The standard InChI is InChI=1S/C12H17F2NS/c1-2-3-6-15-7-8-16-12-9-10(13)4-5-11(12)14/h4-5,9,15H,2-3,6-8H2,1H3. The van der Waals surface area contributed by atoms with Gasteiger partial charge in [-0.3, -0.25) is 0 Å². The highest BCUT2D eigenvalue weighted by Gasteiger charge is 2.03. The first-order valence-corrected chi connectivity index (χ1v) is 6.51. The highest BCUT2D eigenvalue weighted by Crippen LogP contribution is 2.21. The van der Waals surface area contributed by atoms with Crippen molar-refractivity contribution >= 4 is 11.8 Å². The zero-order valence-corrected chi connectivity index (χ0v) is 10.2. The van der Waals surface area contributed by atoms with Gasteiger partial charge in [-0.1, -0.05) is 13.3 Å². The molecule has 0 radical (unpaired) electrons. The fraction of sp³-hybridized carbons (Fsp3) is 0.500. The maximum Gasteiger partial charge on any atom is 0.136 e. The summed E-state index contributed by atoms with van der Waals surface area (Å²) in [6.07, 6.45) is 2.32. The highest BCUT2D eigenvalue weighted by molar-refractivity contribution is 7.99. The van der Waals surface area contributed by atoms with Gasteiger partial charge < -0.3 is 5.32 Å². The largest absolute Gasteiger partial charge is 0.316 e. The van der Waals surface area contributed by atoms with E-state index in [2.05, 4.69) is 12.2 Å². The molecule has 0 spiro atoms. The van der Waals surface area contributed by atoms with Crippen LogP contribution in [-0.4, -0.2) is 18.8 Å². The lowest BCUT2D eigenvalue weighted by Crippen LogP contribution is -2.18. The van der Waals surface area contributed by atoms with E-state index in [4.69, 9.17) is 0 Å². The molecule has 0 aliphatic carbocycles. The third kappa shape index (κ3) is 4.94. The minimum absolute atomic E-state index is 0.347. The Balaban J connectivity index is 2.23. The van der Waals surface area contributed by atoms with Gasteiger partial charge in [-0.2, -0.15) is 0 Å². The van der Waals surface area contributed by atoms with Gasteiger partial charge >= 0.3 is 0 Å². The van der Waals surface area contributed by atoms with Gasteiger partial charge in [0.15, 0.2) is 0 Å². The molecule has 0 aromatic heterocycles. The van der Waals surface area contributed by atoms with Crippen LogP contribution in [0.4, 0.5) is 8.78 Å². The predicted molar refractivity (Wildman–Crippen MR) is 64.9 cm³/mol. The van der Waals surface area contributed by atoms with Crippen molar-refractivity contribution < 1.29 is 8.78 Å². The summed E-state index contributed by atoms with van der Waals surface area (Å²) in [5.74, 6) is 0.0205. The fourth-order valence-corrected chi connectivity index (χ4v) is 2.12. The topological polar surface area (TPSA) is 12.0 Å². The van der Waals surface area contributed by atoms with E-state index in [-0.39, 0.29) is 11.6 Å². The van der Waals surface area contributed by atoms with Crippen LogP contribution in [0.3, 0.4) is 0 Å². The van der Waals surface area contributed by atoms with E-state index in [0.29, 0.717) is 4.90 Å². The minimum Gasteiger partial charge on any atom is -0.316 e. The predicted octanol–water partition coefficient (Wildman–Crippen LogP) is 3.45. The van der Waals surface area contributed by atoms with Crippen LogP contribution < -0.4 is 5.32 Å². The second-order valence-electron chi connectivity index (χ2n) is 3.53. The van der Waals surface area contributed by atoms with Gasteiger partial charge in [0, 0.05) is 17.2 Å². The van der Waals surface area contributed by atoms with Gasteiger partial charge in [-0.15, -0.1) is 11.8 Å². The monoisotopic (exact) mass is 245 g/mol. The van der Waals surface area contributed by atoms with Crippen LogP contribution in [0.1, 0.15) is 19.8 Å². The summed E-state index contributed by atoms with van der Waals surface area (Å²) in [7, 11) is 0. The zero-order chi connectivity index (χ0) is 11.8. The highest BCUT2D eigenvalue weighted by atomic mass is 32.2. The van der Waals surface area contributed by atoms with Gasteiger partial charge in [0.2, 0.25) is 0 Å². The number of nitrogens with one attached hydrogen (secondary N) is 1. The minimum atomic E-state index is -0.386. The molecule has 90 valence electrons. The van der Waals surface area contributed by atoms with Gasteiger partial charge in [0.25, 0.3) is 0 Å². The average molecular weight is 245 g/mol. The van der Waals surface area contributed by atoms with Crippen LogP contribution in [0.2, 0.25) is 0 Å². The van der Waals surface area contributed by atoms with Gasteiger partial charge in [0.05, 0.1) is 0 Å². The lowest BCUT2D eigenvalue weighted by atomic mass is 10.3. The molecular weight excluding hydrogens is 228 g/mol. The lowest BCUT2D eigenvalue weighted by Gasteiger charge is -2.04. The fourth-order valence-electron chi connectivity index (χ4n) is 1.25. The summed E-state index contributed by atoms with van der Waals surface area (Å²) in [6, 6.07) is 3.55. The molecule has 0 amide bonds. The van der Waals surface area contributed by atoms with E-state index in [1.54, 1.807) is 0 Å². The van der Waals surface area contributed by atoms with Crippen molar-refractivity contribution in [3.05, 3.63) is 29.8 Å². The Labute approximate surface area is 99.6 Å².